The van der Waals surface area contributed by atoms with Crippen LogP contribution >= 0.6 is 27.5 Å². The van der Waals surface area contributed by atoms with Crippen molar-refractivity contribution in [2.45, 2.75) is 20.5 Å². The van der Waals surface area contributed by atoms with Gasteiger partial charge in [0.25, 0.3) is 17.5 Å². The third-order valence-electron chi connectivity index (χ3n) is 5.66. The molecule has 0 radical (unpaired) electrons. The van der Waals surface area contributed by atoms with Crippen molar-refractivity contribution in [2.24, 2.45) is 0 Å². The average Bonchev–Trinajstić information content (AvgIpc) is 2.88. The Morgan fingerprint density at radius 1 is 1.10 bits per heavy atom. The van der Waals surface area contributed by atoms with Gasteiger partial charge in [-0.15, -0.1) is 0 Å². The molecule has 1 aliphatic rings. The fourth-order valence-corrected chi connectivity index (χ4v) is 4.60. The molecule has 39 heavy (non-hydrogen) atoms. The third kappa shape index (κ3) is 6.10. The van der Waals surface area contributed by atoms with Crippen LogP contribution in [0.25, 0.3) is 6.08 Å². The number of carbonyl (C=O) groups excluding carboxylic acids is 3. The number of nitro groups is 1. The van der Waals surface area contributed by atoms with Crippen molar-refractivity contribution in [3.05, 3.63) is 96.5 Å². The Morgan fingerprint density at radius 3 is 2.59 bits per heavy atom. The normalized spacial score (nSPS) is 14.4. The van der Waals surface area contributed by atoms with Gasteiger partial charge in [0.15, 0.2) is 11.5 Å². The molecule has 1 N–H and O–H groups in total. The standard InChI is InChI=1S/C27H21BrClN3O7/c1-3-38-23-12-17(11-21(28)24(23)39-14-16-5-4-6-19(9-16)32(36)37)10-20-25(33)30-27(35)31(26(20)34)22-13-18(29)8-7-15(22)2/h4-13H,3,14H2,1-2H3,(H,30,33,35)/b20-10+. The van der Waals surface area contributed by atoms with E-state index < -0.39 is 22.8 Å². The van der Waals surface area contributed by atoms with Crippen molar-refractivity contribution >= 4 is 62.8 Å². The number of imide groups is 2. The Hall–Kier alpha value is -4.22. The smallest absolute Gasteiger partial charge is 0.335 e. The Kier molecular flexibility index (Phi) is 8.32. The van der Waals surface area contributed by atoms with Crippen LogP contribution in [-0.4, -0.2) is 29.4 Å². The van der Waals surface area contributed by atoms with E-state index in [2.05, 4.69) is 21.2 Å². The minimum Gasteiger partial charge on any atom is -0.490 e. The van der Waals surface area contributed by atoms with Gasteiger partial charge in [0.2, 0.25) is 0 Å². The number of nitrogens with zero attached hydrogens (tertiary/aromatic N) is 2. The highest BCUT2D eigenvalue weighted by atomic mass is 79.9. The highest BCUT2D eigenvalue weighted by Gasteiger charge is 2.37. The number of barbiturate groups is 1. The van der Waals surface area contributed by atoms with E-state index in [4.69, 9.17) is 21.1 Å². The van der Waals surface area contributed by atoms with Gasteiger partial charge in [-0.2, -0.15) is 0 Å². The van der Waals surface area contributed by atoms with E-state index in [1.54, 1.807) is 50.2 Å². The molecule has 3 aromatic rings. The Morgan fingerprint density at radius 2 is 1.87 bits per heavy atom. The fraction of sp³-hybridized carbons (Fsp3) is 0.148. The number of ether oxygens (including phenoxy) is 2. The van der Waals surface area contributed by atoms with Crippen molar-refractivity contribution in [1.29, 1.82) is 0 Å². The van der Waals surface area contributed by atoms with Gasteiger partial charge in [-0.05, 0) is 76.8 Å². The van der Waals surface area contributed by atoms with Gasteiger partial charge < -0.3 is 9.47 Å². The van der Waals surface area contributed by atoms with Gasteiger partial charge in [0.1, 0.15) is 12.2 Å². The van der Waals surface area contributed by atoms with Gasteiger partial charge in [0.05, 0.1) is 21.7 Å². The lowest BCUT2D eigenvalue weighted by molar-refractivity contribution is -0.384. The first-order valence-electron chi connectivity index (χ1n) is 11.6. The number of nitro benzene ring substituents is 1. The van der Waals surface area contributed by atoms with Crippen LogP contribution < -0.4 is 19.7 Å². The van der Waals surface area contributed by atoms with Crippen LogP contribution in [0, 0.1) is 17.0 Å². The maximum atomic E-state index is 13.3. The largest absolute Gasteiger partial charge is 0.490 e. The first kappa shape index (κ1) is 27.8. The zero-order valence-electron chi connectivity index (χ0n) is 20.7. The number of halogens is 2. The molecule has 1 aliphatic heterocycles. The fourth-order valence-electron chi connectivity index (χ4n) is 3.86. The van der Waals surface area contributed by atoms with Crippen LogP contribution in [0.5, 0.6) is 11.5 Å². The molecule has 3 aromatic carbocycles. The summed E-state index contributed by atoms with van der Waals surface area (Å²) in [4.78, 5) is 50.0. The molecule has 200 valence electrons. The van der Waals surface area contributed by atoms with Crippen LogP contribution in [0.4, 0.5) is 16.2 Å². The van der Waals surface area contributed by atoms with Gasteiger partial charge in [-0.25, -0.2) is 9.69 Å². The number of hydrogen-bond acceptors (Lipinski definition) is 7. The van der Waals surface area contributed by atoms with Crippen molar-refractivity contribution in [3.63, 3.8) is 0 Å². The third-order valence-corrected chi connectivity index (χ3v) is 6.49. The first-order chi connectivity index (χ1) is 18.6. The molecule has 0 unspecified atom stereocenters. The van der Waals surface area contributed by atoms with Gasteiger partial charge >= 0.3 is 6.03 Å². The summed E-state index contributed by atoms with van der Waals surface area (Å²) >= 11 is 9.52. The quantitative estimate of drug-likeness (QED) is 0.143. The second-order valence-corrected chi connectivity index (χ2v) is 9.66. The topological polar surface area (TPSA) is 128 Å². The van der Waals surface area contributed by atoms with E-state index in [1.165, 1.54) is 24.3 Å². The maximum absolute atomic E-state index is 13.3. The summed E-state index contributed by atoms with van der Waals surface area (Å²) in [6, 6.07) is 13.1. The molecule has 0 bridgehead atoms. The SMILES string of the molecule is CCOc1cc(/C=C2\C(=O)NC(=O)N(c3cc(Cl)ccc3C)C2=O)cc(Br)c1OCc1cccc([N+](=O)[O-])c1. The Labute approximate surface area is 236 Å². The number of non-ortho nitro benzene ring substituents is 1. The highest BCUT2D eigenvalue weighted by molar-refractivity contribution is 9.10. The van der Waals surface area contributed by atoms with Crippen LogP contribution in [0.1, 0.15) is 23.6 Å². The second kappa shape index (κ2) is 11.7. The van der Waals surface area contributed by atoms with Gasteiger partial charge in [0, 0.05) is 17.2 Å². The molecule has 0 aliphatic carbocycles. The summed E-state index contributed by atoms with van der Waals surface area (Å²) in [5.74, 6) is -1.02. The van der Waals surface area contributed by atoms with Crippen molar-refractivity contribution < 1.29 is 28.8 Å². The summed E-state index contributed by atoms with van der Waals surface area (Å²) in [5.41, 5.74) is 1.54. The van der Waals surface area contributed by atoms with E-state index >= 15 is 0 Å². The monoisotopic (exact) mass is 613 g/mol. The molecule has 1 fully saturated rings. The first-order valence-corrected chi connectivity index (χ1v) is 12.8. The zero-order valence-corrected chi connectivity index (χ0v) is 23.0. The number of anilines is 1. The molecular weight excluding hydrogens is 594 g/mol. The number of rotatable bonds is 8. The van der Waals surface area contributed by atoms with E-state index in [9.17, 15) is 24.5 Å². The molecule has 1 heterocycles. The Balaban J connectivity index is 1.67. The van der Waals surface area contributed by atoms with Crippen molar-refractivity contribution in [3.8, 4) is 11.5 Å². The summed E-state index contributed by atoms with van der Waals surface area (Å²) in [5, 5.41) is 13.6. The van der Waals surface area contributed by atoms with Crippen molar-refractivity contribution in [2.75, 3.05) is 11.5 Å². The maximum Gasteiger partial charge on any atom is 0.335 e. The second-order valence-electron chi connectivity index (χ2n) is 8.37. The number of amides is 4. The number of carbonyl (C=O) groups is 3. The Bertz CT molecular complexity index is 1540. The van der Waals surface area contributed by atoms with Crippen LogP contribution in [0.15, 0.2) is 64.6 Å². The molecule has 1 saturated heterocycles. The average molecular weight is 615 g/mol. The predicted octanol–water partition coefficient (Wildman–Crippen LogP) is 5.96. The molecule has 0 spiro atoms. The van der Waals surface area contributed by atoms with Gasteiger partial charge in [-0.1, -0.05) is 29.8 Å². The number of nitrogens with one attached hydrogen (secondary N) is 1. The zero-order chi connectivity index (χ0) is 28.3. The number of benzene rings is 3. The summed E-state index contributed by atoms with van der Waals surface area (Å²) in [6.45, 7) is 3.80. The minimum atomic E-state index is -0.881. The molecule has 10 nitrogen and oxygen atoms in total. The lowest BCUT2D eigenvalue weighted by atomic mass is 10.1. The number of aryl methyl sites for hydroxylation is 1. The van der Waals surface area contributed by atoms with Crippen LogP contribution in [0.3, 0.4) is 0 Å². The molecule has 4 rings (SSSR count). The number of hydrogen-bond donors (Lipinski definition) is 1. The molecule has 4 amide bonds. The highest BCUT2D eigenvalue weighted by Crippen LogP contribution is 2.38. The van der Waals surface area contributed by atoms with Crippen LogP contribution in [-0.2, 0) is 16.2 Å². The van der Waals surface area contributed by atoms with Crippen LogP contribution in [0.2, 0.25) is 5.02 Å². The molecule has 0 atom stereocenters. The molecule has 0 saturated carbocycles. The van der Waals surface area contributed by atoms with Gasteiger partial charge in [-0.3, -0.25) is 25.0 Å². The molecular formula is C27H21BrClN3O7. The van der Waals surface area contributed by atoms with E-state index in [1.807, 2.05) is 0 Å². The molecule has 12 heteroatoms. The van der Waals surface area contributed by atoms with E-state index in [0.29, 0.717) is 37.7 Å². The number of urea groups is 1. The molecule has 0 aromatic heterocycles. The van der Waals surface area contributed by atoms with E-state index in [-0.39, 0.29) is 30.2 Å². The summed E-state index contributed by atoms with van der Waals surface area (Å²) < 4.78 is 12.1. The summed E-state index contributed by atoms with van der Waals surface area (Å²) in [7, 11) is 0. The lowest BCUT2D eigenvalue weighted by Gasteiger charge is -2.27. The van der Waals surface area contributed by atoms with E-state index in [0.717, 1.165) is 4.90 Å². The van der Waals surface area contributed by atoms with Crippen molar-refractivity contribution in [1.82, 2.24) is 5.32 Å². The minimum absolute atomic E-state index is 0.0255. The predicted molar refractivity (Wildman–Crippen MR) is 148 cm³/mol. The summed E-state index contributed by atoms with van der Waals surface area (Å²) in [6.07, 6.45) is 1.34. The lowest BCUT2D eigenvalue weighted by Crippen LogP contribution is -2.54.